The number of hydrogen-bond acceptors (Lipinski definition) is 2. The van der Waals surface area contributed by atoms with Crippen LogP contribution in [-0.4, -0.2) is 16.1 Å². The van der Waals surface area contributed by atoms with Crippen molar-refractivity contribution in [2.45, 2.75) is 32.7 Å². The molecular weight excluding hydrogens is 150 g/mol. The lowest BCUT2D eigenvalue weighted by molar-refractivity contribution is 0.523. The molecule has 0 aromatic carbocycles. The quantitative estimate of drug-likeness (QED) is 0.733. The van der Waals surface area contributed by atoms with Crippen LogP contribution in [0.1, 0.15) is 26.5 Å². The van der Waals surface area contributed by atoms with Gasteiger partial charge in [-0.05, 0) is 6.92 Å². The fraction of sp³-hybridized carbons (Fsp3) is 0.667. The summed E-state index contributed by atoms with van der Waals surface area (Å²) >= 11 is 0. The van der Waals surface area contributed by atoms with Gasteiger partial charge < -0.3 is 10.3 Å². The van der Waals surface area contributed by atoms with Gasteiger partial charge in [-0.3, -0.25) is 0 Å². The molecule has 0 aliphatic rings. The lowest BCUT2D eigenvalue weighted by Gasteiger charge is -2.18. The molecular formula is C9H17N3. The average Bonchev–Trinajstić information content (AvgIpc) is 2.52. The normalized spacial score (nSPS) is 12.0. The fourth-order valence-corrected chi connectivity index (χ4v) is 0.987. The number of aryl methyl sites for hydroxylation is 1. The average molecular weight is 167 g/mol. The van der Waals surface area contributed by atoms with Crippen LogP contribution in [0.5, 0.6) is 0 Å². The molecule has 1 aromatic heterocycles. The van der Waals surface area contributed by atoms with Crippen LogP contribution in [-0.2, 0) is 12.0 Å². The van der Waals surface area contributed by atoms with Crippen molar-refractivity contribution in [3.63, 3.8) is 0 Å². The predicted octanol–water partition coefficient (Wildman–Crippen LogP) is 1.14. The van der Waals surface area contributed by atoms with Gasteiger partial charge in [0.05, 0.1) is 12.0 Å². The molecule has 1 aromatic rings. The zero-order valence-electron chi connectivity index (χ0n) is 8.04. The van der Waals surface area contributed by atoms with Crippen molar-refractivity contribution >= 4 is 0 Å². The van der Waals surface area contributed by atoms with Crippen LogP contribution in [0.15, 0.2) is 12.5 Å². The Hall–Kier alpha value is -0.830. The lowest BCUT2D eigenvalue weighted by atomic mass is 9.90. The fourth-order valence-electron chi connectivity index (χ4n) is 0.987. The highest BCUT2D eigenvalue weighted by molar-refractivity contribution is 5.11. The first-order valence-corrected chi connectivity index (χ1v) is 4.32. The van der Waals surface area contributed by atoms with Gasteiger partial charge in [-0.15, -0.1) is 0 Å². The Morgan fingerprint density at radius 3 is 2.67 bits per heavy atom. The smallest absolute Gasteiger partial charge is 0.0949 e. The molecule has 3 heteroatoms. The Kier molecular flexibility index (Phi) is 2.52. The molecule has 0 saturated carbocycles. The van der Waals surface area contributed by atoms with Crippen LogP contribution < -0.4 is 5.73 Å². The van der Waals surface area contributed by atoms with Crippen LogP contribution in [0.2, 0.25) is 0 Å². The molecule has 1 heterocycles. The van der Waals surface area contributed by atoms with Crippen LogP contribution >= 0.6 is 0 Å². The molecule has 0 radical (unpaired) electrons. The molecule has 0 amide bonds. The standard InChI is InChI=1S/C9H17N3/c1-4-12-5-8(11-7-12)9(2,3)6-10/h5,7H,4,6,10H2,1-3H3. The van der Waals surface area contributed by atoms with Crippen molar-refractivity contribution in [2.75, 3.05) is 6.54 Å². The van der Waals surface area contributed by atoms with Crippen LogP contribution in [0.25, 0.3) is 0 Å². The summed E-state index contributed by atoms with van der Waals surface area (Å²) in [6.45, 7) is 7.91. The van der Waals surface area contributed by atoms with Gasteiger partial charge in [-0.25, -0.2) is 4.98 Å². The van der Waals surface area contributed by atoms with E-state index < -0.39 is 0 Å². The van der Waals surface area contributed by atoms with Crippen LogP contribution in [0.4, 0.5) is 0 Å². The van der Waals surface area contributed by atoms with Gasteiger partial charge in [-0.2, -0.15) is 0 Å². The second-order valence-electron chi connectivity index (χ2n) is 3.68. The Morgan fingerprint density at radius 1 is 1.58 bits per heavy atom. The first kappa shape index (κ1) is 9.26. The maximum Gasteiger partial charge on any atom is 0.0949 e. The molecule has 0 aliphatic heterocycles. The maximum absolute atomic E-state index is 5.64. The molecule has 2 N–H and O–H groups in total. The van der Waals surface area contributed by atoms with E-state index in [1.165, 1.54) is 0 Å². The molecule has 12 heavy (non-hydrogen) atoms. The van der Waals surface area contributed by atoms with Gasteiger partial charge in [0.2, 0.25) is 0 Å². The van der Waals surface area contributed by atoms with Gasteiger partial charge >= 0.3 is 0 Å². The molecule has 1 rings (SSSR count). The minimum atomic E-state index is 0.000417. The molecule has 0 fully saturated rings. The van der Waals surface area contributed by atoms with Gasteiger partial charge in [-0.1, -0.05) is 13.8 Å². The van der Waals surface area contributed by atoms with Gasteiger partial charge in [0.25, 0.3) is 0 Å². The number of nitrogens with zero attached hydrogens (tertiary/aromatic N) is 2. The number of aromatic nitrogens is 2. The number of hydrogen-bond donors (Lipinski definition) is 1. The highest BCUT2D eigenvalue weighted by atomic mass is 15.0. The number of imidazole rings is 1. The summed E-state index contributed by atoms with van der Waals surface area (Å²) in [5, 5.41) is 0. The zero-order chi connectivity index (χ0) is 9.19. The summed E-state index contributed by atoms with van der Waals surface area (Å²) in [7, 11) is 0. The predicted molar refractivity (Wildman–Crippen MR) is 50.0 cm³/mol. The van der Waals surface area contributed by atoms with Gasteiger partial charge in [0.1, 0.15) is 0 Å². The third-order valence-electron chi connectivity index (χ3n) is 2.20. The number of nitrogens with two attached hydrogens (primary N) is 1. The monoisotopic (exact) mass is 167 g/mol. The Bertz CT molecular complexity index is 250. The van der Waals surface area contributed by atoms with Gasteiger partial charge in [0, 0.05) is 24.7 Å². The molecule has 0 saturated heterocycles. The van der Waals surface area contributed by atoms with E-state index in [9.17, 15) is 0 Å². The second kappa shape index (κ2) is 3.27. The highest BCUT2D eigenvalue weighted by Crippen LogP contribution is 2.18. The van der Waals surface area contributed by atoms with Crippen molar-refractivity contribution in [1.29, 1.82) is 0 Å². The molecule has 0 bridgehead atoms. The summed E-state index contributed by atoms with van der Waals surface area (Å²) in [5.74, 6) is 0. The first-order valence-electron chi connectivity index (χ1n) is 4.32. The maximum atomic E-state index is 5.64. The first-order chi connectivity index (χ1) is 5.60. The lowest BCUT2D eigenvalue weighted by Crippen LogP contribution is -2.28. The highest BCUT2D eigenvalue weighted by Gasteiger charge is 2.20. The minimum Gasteiger partial charge on any atom is -0.337 e. The summed E-state index contributed by atoms with van der Waals surface area (Å²) in [6, 6.07) is 0. The Morgan fingerprint density at radius 2 is 2.25 bits per heavy atom. The van der Waals surface area contributed by atoms with Crippen molar-refractivity contribution in [3.05, 3.63) is 18.2 Å². The van der Waals surface area contributed by atoms with E-state index in [4.69, 9.17) is 5.73 Å². The topological polar surface area (TPSA) is 43.8 Å². The molecule has 0 unspecified atom stereocenters. The Labute approximate surface area is 73.6 Å². The minimum absolute atomic E-state index is 0.000417. The SMILES string of the molecule is CCn1cnc(C(C)(C)CN)c1. The number of rotatable bonds is 3. The largest absolute Gasteiger partial charge is 0.337 e. The van der Waals surface area contributed by atoms with E-state index in [2.05, 4.69) is 36.5 Å². The third kappa shape index (κ3) is 1.67. The third-order valence-corrected chi connectivity index (χ3v) is 2.20. The van der Waals surface area contributed by atoms with E-state index in [0.29, 0.717) is 6.54 Å². The zero-order valence-corrected chi connectivity index (χ0v) is 8.04. The molecule has 0 atom stereocenters. The Balaban J connectivity index is 2.88. The molecule has 3 nitrogen and oxygen atoms in total. The summed E-state index contributed by atoms with van der Waals surface area (Å²) in [4.78, 5) is 4.31. The van der Waals surface area contributed by atoms with Crippen molar-refractivity contribution in [1.82, 2.24) is 9.55 Å². The van der Waals surface area contributed by atoms with Crippen molar-refractivity contribution in [2.24, 2.45) is 5.73 Å². The summed E-state index contributed by atoms with van der Waals surface area (Å²) < 4.78 is 2.06. The molecule has 0 aliphatic carbocycles. The van der Waals surface area contributed by atoms with E-state index >= 15 is 0 Å². The van der Waals surface area contributed by atoms with Crippen LogP contribution in [0.3, 0.4) is 0 Å². The summed E-state index contributed by atoms with van der Waals surface area (Å²) in [5.41, 5.74) is 6.72. The van der Waals surface area contributed by atoms with Gasteiger partial charge in [0.15, 0.2) is 0 Å². The van der Waals surface area contributed by atoms with E-state index in [-0.39, 0.29) is 5.41 Å². The molecule has 0 spiro atoms. The van der Waals surface area contributed by atoms with Crippen molar-refractivity contribution < 1.29 is 0 Å². The van der Waals surface area contributed by atoms with Crippen molar-refractivity contribution in [3.8, 4) is 0 Å². The van der Waals surface area contributed by atoms with E-state index in [1.54, 1.807) is 0 Å². The molecule has 68 valence electrons. The summed E-state index contributed by atoms with van der Waals surface area (Å²) in [6.07, 6.45) is 3.92. The van der Waals surface area contributed by atoms with Crippen LogP contribution in [0, 0.1) is 0 Å². The van der Waals surface area contributed by atoms with E-state index in [0.717, 1.165) is 12.2 Å². The second-order valence-corrected chi connectivity index (χ2v) is 3.68. The van der Waals surface area contributed by atoms with E-state index in [1.807, 2.05) is 6.33 Å².